The van der Waals surface area contributed by atoms with E-state index < -0.39 is 0 Å². The normalized spacial score (nSPS) is 15.3. The molecule has 0 N–H and O–H groups in total. The molecule has 0 unspecified atom stereocenters. The van der Waals surface area contributed by atoms with E-state index in [2.05, 4.69) is 37.3 Å². The van der Waals surface area contributed by atoms with Crippen molar-refractivity contribution in [2.45, 2.75) is 32.6 Å². The Bertz CT molecular complexity index is 509. The van der Waals surface area contributed by atoms with Gasteiger partial charge >= 0.3 is 0 Å². The molecule has 0 heteroatoms. The van der Waals surface area contributed by atoms with Gasteiger partial charge in [-0.2, -0.15) is 0 Å². The van der Waals surface area contributed by atoms with Gasteiger partial charge in [0.2, 0.25) is 0 Å². The molecular weight excluding hydrogens is 180 g/mol. The minimum absolute atomic E-state index is 1.28. The Morgan fingerprint density at radius 3 is 2.53 bits per heavy atom. The second-order valence-corrected chi connectivity index (χ2v) is 4.58. The standard InChI is InChI=1S/C15H16/c1-11-10-12-6-2-3-8-14(12)15-9-5-4-7-13(11)15/h2-3,6,8,10H,4-5,7,9H2,1H3. The third-order valence-corrected chi connectivity index (χ3v) is 3.60. The largest absolute Gasteiger partial charge is 0.0616 e. The molecule has 3 rings (SSSR count). The van der Waals surface area contributed by atoms with Crippen LogP contribution in [-0.4, -0.2) is 0 Å². The van der Waals surface area contributed by atoms with Crippen molar-refractivity contribution in [1.82, 2.24) is 0 Å². The molecule has 1 aliphatic rings. The van der Waals surface area contributed by atoms with E-state index in [0.29, 0.717) is 0 Å². The van der Waals surface area contributed by atoms with E-state index in [1.807, 2.05) is 0 Å². The molecule has 0 nitrogen and oxygen atoms in total. The third kappa shape index (κ3) is 1.36. The summed E-state index contributed by atoms with van der Waals surface area (Å²) < 4.78 is 0. The fourth-order valence-electron chi connectivity index (χ4n) is 2.86. The lowest BCUT2D eigenvalue weighted by molar-refractivity contribution is 0.686. The molecule has 0 bridgehead atoms. The van der Waals surface area contributed by atoms with E-state index in [1.165, 1.54) is 42.0 Å². The minimum atomic E-state index is 1.28. The van der Waals surface area contributed by atoms with Crippen molar-refractivity contribution in [3.63, 3.8) is 0 Å². The van der Waals surface area contributed by atoms with E-state index in [4.69, 9.17) is 0 Å². The van der Waals surface area contributed by atoms with Crippen LogP contribution in [-0.2, 0) is 12.8 Å². The van der Waals surface area contributed by atoms with Crippen LogP contribution in [0.3, 0.4) is 0 Å². The molecule has 2 aromatic carbocycles. The Balaban J connectivity index is 2.39. The molecule has 0 aromatic heterocycles. The summed E-state index contributed by atoms with van der Waals surface area (Å²) in [6, 6.07) is 11.2. The predicted molar refractivity (Wildman–Crippen MR) is 65.3 cm³/mol. The van der Waals surface area contributed by atoms with Crippen molar-refractivity contribution < 1.29 is 0 Å². The Labute approximate surface area is 90.9 Å². The highest BCUT2D eigenvalue weighted by atomic mass is 14.2. The van der Waals surface area contributed by atoms with Crippen LogP contribution in [0.4, 0.5) is 0 Å². The summed E-state index contributed by atoms with van der Waals surface area (Å²) in [6.45, 7) is 2.26. The smallest absolute Gasteiger partial charge is 0.0149 e. The first kappa shape index (κ1) is 8.96. The third-order valence-electron chi connectivity index (χ3n) is 3.60. The molecule has 0 radical (unpaired) electrons. The summed E-state index contributed by atoms with van der Waals surface area (Å²) in [7, 11) is 0. The van der Waals surface area contributed by atoms with Crippen molar-refractivity contribution >= 4 is 10.8 Å². The Kier molecular flexibility index (Phi) is 2.02. The second kappa shape index (κ2) is 3.37. The van der Waals surface area contributed by atoms with Crippen LogP contribution in [0.15, 0.2) is 30.3 Å². The summed E-state index contributed by atoms with van der Waals surface area (Å²) in [6.07, 6.45) is 5.29. The summed E-state index contributed by atoms with van der Waals surface area (Å²) >= 11 is 0. The average Bonchev–Trinajstić information content (AvgIpc) is 2.30. The van der Waals surface area contributed by atoms with Gasteiger partial charge < -0.3 is 0 Å². The van der Waals surface area contributed by atoms with Crippen LogP contribution in [0.2, 0.25) is 0 Å². The summed E-state index contributed by atoms with van der Waals surface area (Å²) in [5.74, 6) is 0. The van der Waals surface area contributed by atoms with Gasteiger partial charge in [-0.05, 0) is 60.1 Å². The molecule has 0 spiro atoms. The van der Waals surface area contributed by atoms with Gasteiger partial charge in [0.15, 0.2) is 0 Å². The lowest BCUT2D eigenvalue weighted by atomic mass is 9.85. The Morgan fingerprint density at radius 1 is 0.933 bits per heavy atom. The molecule has 0 saturated heterocycles. The monoisotopic (exact) mass is 196 g/mol. The van der Waals surface area contributed by atoms with Crippen LogP contribution < -0.4 is 0 Å². The van der Waals surface area contributed by atoms with Gasteiger partial charge in [-0.1, -0.05) is 30.3 Å². The molecule has 0 aliphatic heterocycles. The lowest BCUT2D eigenvalue weighted by Gasteiger charge is -2.20. The van der Waals surface area contributed by atoms with E-state index in [1.54, 1.807) is 11.1 Å². The van der Waals surface area contributed by atoms with Crippen LogP contribution in [0, 0.1) is 6.92 Å². The van der Waals surface area contributed by atoms with Crippen molar-refractivity contribution in [1.29, 1.82) is 0 Å². The number of fused-ring (bicyclic) bond motifs is 3. The first-order valence-electron chi connectivity index (χ1n) is 5.86. The van der Waals surface area contributed by atoms with E-state index in [-0.39, 0.29) is 0 Å². The fourth-order valence-corrected chi connectivity index (χ4v) is 2.86. The topological polar surface area (TPSA) is 0 Å². The Morgan fingerprint density at radius 2 is 1.67 bits per heavy atom. The number of hydrogen-bond acceptors (Lipinski definition) is 0. The highest BCUT2D eigenvalue weighted by molar-refractivity contribution is 5.88. The van der Waals surface area contributed by atoms with Gasteiger partial charge in [0.1, 0.15) is 0 Å². The van der Waals surface area contributed by atoms with Crippen LogP contribution >= 0.6 is 0 Å². The predicted octanol–water partition coefficient (Wildman–Crippen LogP) is 4.03. The molecule has 2 aromatic rings. The van der Waals surface area contributed by atoms with Crippen molar-refractivity contribution in [3.05, 3.63) is 47.0 Å². The number of aryl methyl sites for hydroxylation is 2. The zero-order valence-corrected chi connectivity index (χ0v) is 9.22. The zero-order chi connectivity index (χ0) is 10.3. The maximum Gasteiger partial charge on any atom is -0.0149 e. The van der Waals surface area contributed by atoms with Gasteiger partial charge in [-0.25, -0.2) is 0 Å². The highest BCUT2D eigenvalue weighted by Crippen LogP contribution is 2.31. The van der Waals surface area contributed by atoms with Crippen LogP contribution in [0.25, 0.3) is 10.8 Å². The van der Waals surface area contributed by atoms with Crippen LogP contribution in [0.5, 0.6) is 0 Å². The van der Waals surface area contributed by atoms with E-state index >= 15 is 0 Å². The molecule has 0 saturated carbocycles. The first-order chi connectivity index (χ1) is 7.36. The molecule has 15 heavy (non-hydrogen) atoms. The number of rotatable bonds is 0. The van der Waals surface area contributed by atoms with Gasteiger partial charge in [-0.3, -0.25) is 0 Å². The summed E-state index contributed by atoms with van der Waals surface area (Å²) in [5.41, 5.74) is 4.74. The van der Waals surface area contributed by atoms with Crippen LogP contribution in [0.1, 0.15) is 29.5 Å². The molecular formula is C15H16. The van der Waals surface area contributed by atoms with Crippen molar-refractivity contribution in [2.24, 2.45) is 0 Å². The fraction of sp³-hybridized carbons (Fsp3) is 0.333. The van der Waals surface area contributed by atoms with E-state index in [0.717, 1.165) is 0 Å². The molecule has 0 fully saturated rings. The number of benzene rings is 2. The van der Waals surface area contributed by atoms with Crippen molar-refractivity contribution in [2.75, 3.05) is 0 Å². The minimum Gasteiger partial charge on any atom is -0.0616 e. The molecule has 0 amide bonds. The maximum absolute atomic E-state index is 2.35. The van der Waals surface area contributed by atoms with Gasteiger partial charge in [0.25, 0.3) is 0 Å². The molecule has 0 heterocycles. The SMILES string of the molecule is Cc1cc2ccccc2c2c1CCCC2. The summed E-state index contributed by atoms with van der Waals surface area (Å²) in [4.78, 5) is 0. The average molecular weight is 196 g/mol. The highest BCUT2D eigenvalue weighted by Gasteiger charge is 2.14. The lowest BCUT2D eigenvalue weighted by Crippen LogP contribution is -2.05. The van der Waals surface area contributed by atoms with Gasteiger partial charge in [0, 0.05) is 0 Å². The summed E-state index contributed by atoms with van der Waals surface area (Å²) in [5, 5.41) is 2.90. The Hall–Kier alpha value is -1.30. The van der Waals surface area contributed by atoms with Gasteiger partial charge in [-0.15, -0.1) is 0 Å². The van der Waals surface area contributed by atoms with E-state index in [9.17, 15) is 0 Å². The molecule has 0 atom stereocenters. The molecule has 76 valence electrons. The molecule has 1 aliphatic carbocycles. The second-order valence-electron chi connectivity index (χ2n) is 4.58. The first-order valence-corrected chi connectivity index (χ1v) is 5.86. The number of hydrogen-bond donors (Lipinski definition) is 0. The quantitative estimate of drug-likeness (QED) is 0.597. The van der Waals surface area contributed by atoms with Crippen molar-refractivity contribution in [3.8, 4) is 0 Å². The maximum atomic E-state index is 2.35. The zero-order valence-electron chi connectivity index (χ0n) is 9.22. The van der Waals surface area contributed by atoms with Gasteiger partial charge in [0.05, 0.1) is 0 Å².